The molecule has 0 bridgehead atoms. The van der Waals surface area contributed by atoms with E-state index in [2.05, 4.69) is 39.0 Å². The minimum atomic E-state index is -3.41. The molecule has 1 aliphatic rings. The van der Waals surface area contributed by atoms with Gasteiger partial charge in [0.25, 0.3) is 0 Å². The first-order chi connectivity index (χ1) is 14.4. The Labute approximate surface area is 180 Å². The zero-order valence-electron chi connectivity index (χ0n) is 18.3. The van der Waals surface area contributed by atoms with E-state index in [0.29, 0.717) is 32.0 Å². The summed E-state index contributed by atoms with van der Waals surface area (Å²) in [5.41, 5.74) is 2.18. The second-order valence-corrected chi connectivity index (χ2v) is 10.3. The SMILES string of the molecule is COCCn1c(CN2CCN(c3ccccc3)CC2)cnc1S(=O)(=O)CCC(C)C. The number of para-hydroxylation sites is 1. The molecule has 1 aromatic carbocycles. The number of anilines is 1. The Morgan fingerprint density at radius 2 is 1.80 bits per heavy atom. The fourth-order valence-corrected chi connectivity index (χ4v) is 5.42. The Hall–Kier alpha value is -1.90. The molecule has 8 heteroatoms. The highest BCUT2D eigenvalue weighted by Crippen LogP contribution is 2.20. The van der Waals surface area contributed by atoms with E-state index >= 15 is 0 Å². The lowest BCUT2D eigenvalue weighted by molar-refractivity contribution is 0.180. The van der Waals surface area contributed by atoms with Gasteiger partial charge in [0.05, 0.1) is 24.3 Å². The first-order valence-corrected chi connectivity index (χ1v) is 12.3. The lowest BCUT2D eigenvalue weighted by Gasteiger charge is -2.36. The zero-order chi connectivity index (χ0) is 21.6. The van der Waals surface area contributed by atoms with Gasteiger partial charge in [0.1, 0.15) is 0 Å². The smallest absolute Gasteiger partial charge is 0.227 e. The predicted octanol–water partition coefficient (Wildman–Crippen LogP) is 2.67. The number of sulfone groups is 1. The van der Waals surface area contributed by atoms with Crippen LogP contribution >= 0.6 is 0 Å². The Bertz CT molecular complexity index is 888. The van der Waals surface area contributed by atoms with Crippen LogP contribution < -0.4 is 4.90 Å². The molecule has 0 N–H and O–H groups in total. The summed E-state index contributed by atoms with van der Waals surface area (Å²) in [4.78, 5) is 9.08. The van der Waals surface area contributed by atoms with Crippen molar-refractivity contribution in [3.8, 4) is 0 Å². The molecular formula is C22H34N4O3S. The highest BCUT2D eigenvalue weighted by molar-refractivity contribution is 7.91. The molecule has 3 rings (SSSR count). The van der Waals surface area contributed by atoms with Gasteiger partial charge < -0.3 is 14.2 Å². The van der Waals surface area contributed by atoms with E-state index in [1.165, 1.54) is 5.69 Å². The number of hydrogen-bond donors (Lipinski definition) is 0. The first-order valence-electron chi connectivity index (χ1n) is 10.7. The van der Waals surface area contributed by atoms with Gasteiger partial charge in [-0.2, -0.15) is 0 Å². The van der Waals surface area contributed by atoms with Crippen LogP contribution in [0.2, 0.25) is 0 Å². The molecule has 7 nitrogen and oxygen atoms in total. The molecule has 0 unspecified atom stereocenters. The van der Waals surface area contributed by atoms with E-state index in [1.54, 1.807) is 13.3 Å². The average Bonchev–Trinajstić information content (AvgIpc) is 3.15. The van der Waals surface area contributed by atoms with Crippen LogP contribution in [0.4, 0.5) is 5.69 Å². The Morgan fingerprint density at radius 1 is 1.10 bits per heavy atom. The molecule has 1 saturated heterocycles. The van der Waals surface area contributed by atoms with Gasteiger partial charge in [-0.1, -0.05) is 32.0 Å². The summed E-state index contributed by atoms with van der Waals surface area (Å²) in [7, 11) is -1.78. The van der Waals surface area contributed by atoms with Crippen molar-refractivity contribution < 1.29 is 13.2 Å². The van der Waals surface area contributed by atoms with Gasteiger partial charge in [0.2, 0.25) is 15.0 Å². The number of benzene rings is 1. The van der Waals surface area contributed by atoms with E-state index < -0.39 is 9.84 Å². The van der Waals surface area contributed by atoms with Crippen molar-refractivity contribution in [2.75, 3.05) is 50.5 Å². The number of ether oxygens (including phenoxy) is 1. The summed E-state index contributed by atoms with van der Waals surface area (Å²) in [6.07, 6.45) is 2.36. The molecule has 166 valence electrons. The van der Waals surface area contributed by atoms with Crippen LogP contribution in [0.15, 0.2) is 41.7 Å². The van der Waals surface area contributed by atoms with E-state index in [1.807, 2.05) is 24.5 Å². The molecule has 0 spiro atoms. The molecule has 1 aliphatic heterocycles. The third kappa shape index (κ3) is 5.83. The van der Waals surface area contributed by atoms with Crippen molar-refractivity contribution in [2.24, 2.45) is 5.92 Å². The molecule has 1 fully saturated rings. The lowest BCUT2D eigenvalue weighted by Crippen LogP contribution is -2.46. The summed E-state index contributed by atoms with van der Waals surface area (Å²) in [6.45, 7) is 9.48. The van der Waals surface area contributed by atoms with Crippen molar-refractivity contribution in [3.05, 3.63) is 42.2 Å². The van der Waals surface area contributed by atoms with Gasteiger partial charge in [-0.25, -0.2) is 13.4 Å². The van der Waals surface area contributed by atoms with Crippen molar-refractivity contribution in [2.45, 2.75) is 38.5 Å². The van der Waals surface area contributed by atoms with E-state index in [9.17, 15) is 8.42 Å². The third-order valence-corrected chi connectivity index (χ3v) is 7.20. The fourth-order valence-electron chi connectivity index (χ4n) is 3.70. The van der Waals surface area contributed by atoms with E-state index in [4.69, 9.17) is 4.74 Å². The Morgan fingerprint density at radius 3 is 2.43 bits per heavy atom. The zero-order valence-corrected chi connectivity index (χ0v) is 19.1. The number of piperazine rings is 1. The number of nitrogens with zero attached hydrogens (tertiary/aromatic N) is 4. The van der Waals surface area contributed by atoms with Gasteiger partial charge in [-0.05, 0) is 24.5 Å². The standard InChI is InChI=1S/C22H34N4O3S/c1-19(2)9-16-30(27,28)22-23-17-21(26(22)14-15-29-3)18-24-10-12-25(13-11-24)20-7-5-4-6-8-20/h4-8,17,19H,9-16,18H2,1-3H3. The second-order valence-electron chi connectivity index (χ2n) is 8.28. The molecule has 0 radical (unpaired) electrons. The van der Waals surface area contributed by atoms with E-state index in [-0.39, 0.29) is 10.9 Å². The summed E-state index contributed by atoms with van der Waals surface area (Å²) >= 11 is 0. The van der Waals surface area contributed by atoms with E-state index in [0.717, 1.165) is 31.9 Å². The van der Waals surface area contributed by atoms with Crippen LogP contribution in [0.1, 0.15) is 26.0 Å². The maximum absolute atomic E-state index is 12.9. The monoisotopic (exact) mass is 434 g/mol. The summed E-state index contributed by atoms with van der Waals surface area (Å²) < 4.78 is 32.8. The van der Waals surface area contributed by atoms with Crippen LogP contribution in [0.25, 0.3) is 0 Å². The number of imidazole rings is 1. The molecule has 1 aromatic heterocycles. The molecule has 0 aliphatic carbocycles. The molecule has 0 saturated carbocycles. The largest absolute Gasteiger partial charge is 0.383 e. The first kappa shape index (κ1) is 22.8. The van der Waals surface area contributed by atoms with Crippen LogP contribution in [0, 0.1) is 5.92 Å². The van der Waals surface area contributed by atoms with Gasteiger partial charge in [0, 0.05) is 52.1 Å². The quantitative estimate of drug-likeness (QED) is 0.573. The molecule has 30 heavy (non-hydrogen) atoms. The van der Waals surface area contributed by atoms with Crippen molar-refractivity contribution in [1.82, 2.24) is 14.5 Å². The summed E-state index contributed by atoms with van der Waals surface area (Å²) in [6, 6.07) is 10.5. The third-order valence-electron chi connectivity index (χ3n) is 5.54. The molecule has 2 aromatic rings. The van der Waals surface area contributed by atoms with Gasteiger partial charge in [-0.15, -0.1) is 0 Å². The lowest BCUT2D eigenvalue weighted by atomic mass is 10.2. The normalized spacial score (nSPS) is 15.8. The van der Waals surface area contributed by atoms with Gasteiger partial charge in [-0.3, -0.25) is 4.90 Å². The molecule has 0 atom stereocenters. The second kappa shape index (κ2) is 10.4. The Kier molecular flexibility index (Phi) is 7.91. The predicted molar refractivity (Wildman–Crippen MR) is 120 cm³/mol. The average molecular weight is 435 g/mol. The number of rotatable bonds is 10. The minimum absolute atomic E-state index is 0.129. The van der Waals surface area contributed by atoms with Gasteiger partial charge >= 0.3 is 0 Å². The van der Waals surface area contributed by atoms with Crippen molar-refractivity contribution >= 4 is 15.5 Å². The van der Waals surface area contributed by atoms with Crippen LogP contribution in [0.3, 0.4) is 0 Å². The highest BCUT2D eigenvalue weighted by Gasteiger charge is 2.25. The number of methoxy groups -OCH3 is 1. The Balaban J connectivity index is 1.69. The summed E-state index contributed by atoms with van der Waals surface area (Å²) in [5.74, 6) is 0.465. The maximum Gasteiger partial charge on any atom is 0.227 e. The fraction of sp³-hybridized carbons (Fsp3) is 0.591. The van der Waals surface area contributed by atoms with Crippen LogP contribution in [-0.2, 0) is 27.7 Å². The van der Waals surface area contributed by atoms with Crippen molar-refractivity contribution in [1.29, 1.82) is 0 Å². The topological polar surface area (TPSA) is 67.7 Å². The van der Waals surface area contributed by atoms with Crippen molar-refractivity contribution in [3.63, 3.8) is 0 Å². The number of hydrogen-bond acceptors (Lipinski definition) is 6. The van der Waals surface area contributed by atoms with Gasteiger partial charge in [0.15, 0.2) is 0 Å². The maximum atomic E-state index is 12.9. The number of aromatic nitrogens is 2. The van der Waals surface area contributed by atoms with Crippen LogP contribution in [-0.4, -0.2) is 68.5 Å². The minimum Gasteiger partial charge on any atom is -0.383 e. The molecule has 2 heterocycles. The molecule has 0 amide bonds. The van der Waals surface area contributed by atoms with Crippen LogP contribution in [0.5, 0.6) is 0 Å². The molecular weight excluding hydrogens is 400 g/mol. The summed E-state index contributed by atoms with van der Waals surface area (Å²) in [5, 5.41) is 0.179. The highest BCUT2D eigenvalue weighted by atomic mass is 32.2.